The minimum absolute atomic E-state index is 0.116. The highest BCUT2D eigenvalue weighted by Crippen LogP contribution is 2.38. The molecule has 0 amide bonds. The molecule has 0 saturated carbocycles. The summed E-state index contributed by atoms with van der Waals surface area (Å²) in [5.74, 6) is 0.0237. The van der Waals surface area contributed by atoms with Crippen molar-refractivity contribution in [2.75, 3.05) is 14.2 Å². The Hall–Kier alpha value is -2.44. The van der Waals surface area contributed by atoms with E-state index >= 15 is 0 Å². The van der Waals surface area contributed by atoms with E-state index in [1.165, 1.54) is 20.3 Å². The largest absolute Gasteiger partial charge is 0.506 e. The Morgan fingerprint density at radius 1 is 1.21 bits per heavy atom. The fraction of sp³-hybridized carbons (Fsp3) is 0.125. The zero-order valence-corrected chi connectivity index (χ0v) is 14.2. The lowest BCUT2D eigenvalue weighted by Gasteiger charge is -2.06. The fourth-order valence-corrected chi connectivity index (χ4v) is 2.84. The molecule has 0 aliphatic heterocycles. The second-order valence-electron chi connectivity index (χ2n) is 4.93. The molecule has 3 aromatic rings. The van der Waals surface area contributed by atoms with E-state index in [4.69, 9.17) is 32.7 Å². The number of hydrogen-bond acceptors (Lipinski definition) is 5. The monoisotopic (exact) mass is 366 g/mol. The maximum Gasteiger partial charge on any atom is 0.341 e. The number of rotatable bonds is 3. The molecule has 1 aromatic heterocycles. The van der Waals surface area contributed by atoms with Crippen LogP contribution in [0, 0.1) is 0 Å². The summed E-state index contributed by atoms with van der Waals surface area (Å²) in [4.78, 5) is 19.3. The van der Waals surface area contributed by atoms with E-state index in [2.05, 4.69) is 9.97 Å². The van der Waals surface area contributed by atoms with Gasteiger partial charge in [-0.1, -0.05) is 23.2 Å². The zero-order valence-electron chi connectivity index (χ0n) is 12.7. The van der Waals surface area contributed by atoms with Crippen LogP contribution in [0.1, 0.15) is 10.4 Å². The van der Waals surface area contributed by atoms with E-state index in [0.29, 0.717) is 33.2 Å². The van der Waals surface area contributed by atoms with Crippen molar-refractivity contribution in [2.24, 2.45) is 0 Å². The molecule has 8 heteroatoms. The number of imidazole rings is 1. The predicted molar refractivity (Wildman–Crippen MR) is 91.1 cm³/mol. The van der Waals surface area contributed by atoms with Gasteiger partial charge in [0, 0.05) is 11.1 Å². The van der Waals surface area contributed by atoms with Crippen molar-refractivity contribution in [1.82, 2.24) is 9.97 Å². The molecule has 0 saturated heterocycles. The summed E-state index contributed by atoms with van der Waals surface area (Å²) in [6.07, 6.45) is 0. The van der Waals surface area contributed by atoms with Gasteiger partial charge in [-0.2, -0.15) is 0 Å². The van der Waals surface area contributed by atoms with Crippen LogP contribution in [0.4, 0.5) is 0 Å². The number of methoxy groups -OCH3 is 2. The quantitative estimate of drug-likeness (QED) is 0.683. The summed E-state index contributed by atoms with van der Waals surface area (Å²) in [5.41, 5.74) is 1.73. The van der Waals surface area contributed by atoms with Crippen molar-refractivity contribution < 1.29 is 19.4 Å². The minimum atomic E-state index is -0.529. The molecule has 0 unspecified atom stereocenters. The molecular weight excluding hydrogens is 355 g/mol. The van der Waals surface area contributed by atoms with E-state index in [1.807, 2.05) is 0 Å². The number of aromatic amines is 1. The number of carbonyl (C=O) groups excluding carboxylic acids is 1. The molecular formula is C16H12Cl2N2O4. The number of aromatic nitrogens is 2. The van der Waals surface area contributed by atoms with Crippen molar-refractivity contribution in [3.05, 3.63) is 39.9 Å². The van der Waals surface area contributed by atoms with Crippen LogP contribution in [-0.4, -0.2) is 35.3 Å². The van der Waals surface area contributed by atoms with Gasteiger partial charge in [-0.3, -0.25) is 0 Å². The Morgan fingerprint density at radius 3 is 2.62 bits per heavy atom. The molecule has 24 heavy (non-hydrogen) atoms. The number of aromatic hydroxyl groups is 1. The van der Waals surface area contributed by atoms with Crippen LogP contribution in [0.2, 0.25) is 10.0 Å². The topological polar surface area (TPSA) is 84.4 Å². The van der Waals surface area contributed by atoms with Gasteiger partial charge in [0.25, 0.3) is 0 Å². The average Bonchev–Trinajstić information content (AvgIpc) is 2.98. The maximum atomic E-state index is 11.8. The van der Waals surface area contributed by atoms with Gasteiger partial charge in [-0.05, 0) is 18.2 Å². The van der Waals surface area contributed by atoms with Gasteiger partial charge < -0.3 is 19.6 Å². The van der Waals surface area contributed by atoms with E-state index in [0.717, 1.165) is 0 Å². The lowest BCUT2D eigenvalue weighted by Crippen LogP contribution is -2.03. The Morgan fingerprint density at radius 2 is 1.96 bits per heavy atom. The van der Waals surface area contributed by atoms with E-state index in [1.54, 1.807) is 18.2 Å². The molecule has 0 spiro atoms. The van der Waals surface area contributed by atoms with Gasteiger partial charge in [0.1, 0.15) is 22.9 Å². The first-order chi connectivity index (χ1) is 11.4. The first-order valence-electron chi connectivity index (χ1n) is 6.79. The van der Waals surface area contributed by atoms with Gasteiger partial charge in [-0.15, -0.1) is 0 Å². The first-order valence-corrected chi connectivity index (χ1v) is 7.54. The van der Waals surface area contributed by atoms with Crippen LogP contribution in [0.5, 0.6) is 11.5 Å². The van der Waals surface area contributed by atoms with E-state index < -0.39 is 5.97 Å². The van der Waals surface area contributed by atoms with Crippen LogP contribution >= 0.6 is 23.2 Å². The highest BCUT2D eigenvalue weighted by Gasteiger charge is 2.18. The minimum Gasteiger partial charge on any atom is -0.506 e. The second-order valence-corrected chi connectivity index (χ2v) is 5.77. The summed E-state index contributed by atoms with van der Waals surface area (Å²) in [6.45, 7) is 0. The Kier molecular flexibility index (Phi) is 4.26. The highest BCUT2D eigenvalue weighted by molar-refractivity contribution is 6.36. The molecule has 6 nitrogen and oxygen atoms in total. The number of phenols is 1. The van der Waals surface area contributed by atoms with Crippen LogP contribution in [0.15, 0.2) is 24.3 Å². The van der Waals surface area contributed by atoms with Crippen LogP contribution in [0.3, 0.4) is 0 Å². The lowest BCUT2D eigenvalue weighted by atomic mass is 10.2. The molecule has 0 radical (unpaired) electrons. The Balaban J connectivity index is 2.21. The van der Waals surface area contributed by atoms with Crippen molar-refractivity contribution in [3.63, 3.8) is 0 Å². The molecule has 0 aliphatic carbocycles. The number of esters is 1. The molecule has 124 valence electrons. The molecule has 0 fully saturated rings. The normalized spacial score (nSPS) is 10.8. The number of nitrogens with one attached hydrogen (secondary N) is 1. The van der Waals surface area contributed by atoms with Crippen LogP contribution in [-0.2, 0) is 4.74 Å². The standard InChI is InChI=1S/C16H12Cl2N2O4/c1-23-13-6-12-11(5-8(13)16(22)24-2)19-15(20-12)9-3-7(17)4-10(18)14(9)21/h3-6,21H,1-2H3,(H,19,20). The van der Waals surface area contributed by atoms with E-state index in [9.17, 15) is 9.90 Å². The molecule has 2 N–H and O–H groups in total. The fourth-order valence-electron chi connectivity index (χ4n) is 2.35. The smallest absolute Gasteiger partial charge is 0.341 e. The predicted octanol–water partition coefficient (Wildman–Crippen LogP) is 4.04. The molecule has 0 bridgehead atoms. The third-order valence-electron chi connectivity index (χ3n) is 3.49. The zero-order chi connectivity index (χ0) is 17.4. The molecule has 0 aliphatic rings. The summed E-state index contributed by atoms with van der Waals surface area (Å²) in [6, 6.07) is 6.15. The summed E-state index contributed by atoms with van der Waals surface area (Å²) in [7, 11) is 2.74. The lowest BCUT2D eigenvalue weighted by molar-refractivity contribution is 0.0597. The summed E-state index contributed by atoms with van der Waals surface area (Å²) >= 11 is 11.9. The molecule has 3 rings (SSSR count). The molecule has 0 atom stereocenters. The Bertz CT molecular complexity index is 953. The van der Waals surface area contributed by atoms with Crippen molar-refractivity contribution >= 4 is 40.2 Å². The number of halogens is 2. The summed E-state index contributed by atoms with van der Waals surface area (Å²) < 4.78 is 9.95. The highest BCUT2D eigenvalue weighted by atomic mass is 35.5. The van der Waals surface area contributed by atoms with Gasteiger partial charge >= 0.3 is 5.97 Å². The number of hydrogen-bond donors (Lipinski definition) is 2. The average molecular weight is 367 g/mol. The van der Waals surface area contributed by atoms with Crippen molar-refractivity contribution in [1.29, 1.82) is 0 Å². The second kappa shape index (κ2) is 6.22. The third-order valence-corrected chi connectivity index (χ3v) is 4.00. The number of benzene rings is 2. The van der Waals surface area contributed by atoms with Crippen molar-refractivity contribution in [3.8, 4) is 22.9 Å². The maximum absolute atomic E-state index is 11.8. The first kappa shape index (κ1) is 16.4. The number of carbonyl (C=O) groups is 1. The molecule has 1 heterocycles. The van der Waals surface area contributed by atoms with E-state index in [-0.39, 0.29) is 16.3 Å². The summed E-state index contributed by atoms with van der Waals surface area (Å²) in [5, 5.41) is 10.6. The van der Waals surface area contributed by atoms with Crippen molar-refractivity contribution in [2.45, 2.75) is 0 Å². The Labute approximate surface area is 146 Å². The number of ether oxygens (including phenoxy) is 2. The third kappa shape index (κ3) is 2.74. The van der Waals surface area contributed by atoms with Gasteiger partial charge in [0.2, 0.25) is 0 Å². The van der Waals surface area contributed by atoms with Crippen LogP contribution in [0.25, 0.3) is 22.4 Å². The van der Waals surface area contributed by atoms with Crippen LogP contribution < -0.4 is 4.74 Å². The number of H-pyrrole nitrogens is 1. The van der Waals surface area contributed by atoms with Gasteiger partial charge in [0.05, 0.1) is 35.8 Å². The molecule has 2 aromatic carbocycles. The number of fused-ring (bicyclic) bond motifs is 1. The SMILES string of the molecule is COC(=O)c1cc2[nH]c(-c3cc(Cl)cc(Cl)c3O)nc2cc1OC. The van der Waals surface area contributed by atoms with Gasteiger partial charge in [0.15, 0.2) is 0 Å². The number of nitrogens with zero attached hydrogens (tertiary/aromatic N) is 1. The number of phenolic OH excluding ortho intramolecular Hbond substituents is 1. The van der Waals surface area contributed by atoms with Gasteiger partial charge in [-0.25, -0.2) is 9.78 Å².